The molecule has 0 N–H and O–H groups in total. The van der Waals surface area contributed by atoms with Crippen LogP contribution in [0.2, 0.25) is 0 Å². The topological polar surface area (TPSA) is 53.8 Å². The Bertz CT molecular complexity index is 530. The SMILES string of the molecule is O=C(c1ccoc1)N1CCN(C(=O)c2ccsc2)CC1. The Morgan fingerprint density at radius 3 is 2.15 bits per heavy atom. The second kappa shape index (κ2) is 5.50. The lowest BCUT2D eigenvalue weighted by atomic mass is 10.2. The minimum atomic E-state index is -0.0404. The molecular weight excluding hydrogens is 276 g/mol. The molecule has 104 valence electrons. The van der Waals surface area contributed by atoms with Gasteiger partial charge in [0.15, 0.2) is 0 Å². The van der Waals surface area contributed by atoms with E-state index in [2.05, 4.69) is 0 Å². The van der Waals surface area contributed by atoms with Crippen LogP contribution < -0.4 is 0 Å². The van der Waals surface area contributed by atoms with Crippen LogP contribution in [-0.4, -0.2) is 47.8 Å². The number of amides is 2. The highest BCUT2D eigenvalue weighted by Gasteiger charge is 2.25. The summed E-state index contributed by atoms with van der Waals surface area (Å²) in [5, 5.41) is 3.75. The Morgan fingerprint density at radius 1 is 1.00 bits per heavy atom. The van der Waals surface area contributed by atoms with E-state index in [1.165, 1.54) is 23.9 Å². The Labute approximate surface area is 120 Å². The lowest BCUT2D eigenvalue weighted by Crippen LogP contribution is -2.50. The van der Waals surface area contributed by atoms with Gasteiger partial charge >= 0.3 is 0 Å². The van der Waals surface area contributed by atoms with Gasteiger partial charge in [-0.3, -0.25) is 9.59 Å². The third kappa shape index (κ3) is 2.46. The smallest absolute Gasteiger partial charge is 0.257 e. The van der Waals surface area contributed by atoms with Crippen molar-refractivity contribution < 1.29 is 14.0 Å². The van der Waals surface area contributed by atoms with E-state index in [1.807, 2.05) is 16.8 Å². The first kappa shape index (κ1) is 12.9. The van der Waals surface area contributed by atoms with E-state index in [0.717, 1.165) is 5.56 Å². The summed E-state index contributed by atoms with van der Waals surface area (Å²) < 4.78 is 4.92. The minimum absolute atomic E-state index is 0.0404. The van der Waals surface area contributed by atoms with Crippen LogP contribution in [0.1, 0.15) is 20.7 Å². The van der Waals surface area contributed by atoms with Crippen LogP contribution in [0.4, 0.5) is 0 Å². The number of rotatable bonds is 2. The highest BCUT2D eigenvalue weighted by Crippen LogP contribution is 2.13. The van der Waals surface area contributed by atoms with Crippen molar-refractivity contribution in [3.8, 4) is 0 Å². The monoisotopic (exact) mass is 290 g/mol. The molecule has 2 amide bonds. The van der Waals surface area contributed by atoms with Gasteiger partial charge < -0.3 is 14.2 Å². The molecule has 0 saturated carbocycles. The summed E-state index contributed by atoms with van der Waals surface area (Å²) >= 11 is 1.51. The molecule has 6 heteroatoms. The van der Waals surface area contributed by atoms with Gasteiger partial charge in [-0.15, -0.1) is 0 Å². The number of hydrogen-bond acceptors (Lipinski definition) is 4. The van der Waals surface area contributed by atoms with Gasteiger partial charge in [0.25, 0.3) is 11.8 Å². The van der Waals surface area contributed by atoms with Gasteiger partial charge in [0, 0.05) is 31.6 Å². The number of hydrogen-bond donors (Lipinski definition) is 0. The van der Waals surface area contributed by atoms with Crippen molar-refractivity contribution in [1.29, 1.82) is 0 Å². The third-order valence-corrected chi connectivity index (χ3v) is 4.07. The molecule has 20 heavy (non-hydrogen) atoms. The molecule has 0 spiro atoms. The molecule has 3 heterocycles. The maximum Gasteiger partial charge on any atom is 0.257 e. The second-order valence-corrected chi connectivity index (χ2v) is 5.39. The highest BCUT2D eigenvalue weighted by atomic mass is 32.1. The number of furan rings is 1. The van der Waals surface area contributed by atoms with Crippen LogP contribution in [0.15, 0.2) is 39.8 Å². The second-order valence-electron chi connectivity index (χ2n) is 4.61. The maximum absolute atomic E-state index is 12.2. The van der Waals surface area contributed by atoms with E-state index >= 15 is 0 Å². The fraction of sp³-hybridized carbons (Fsp3) is 0.286. The molecular formula is C14H14N2O3S. The first-order valence-electron chi connectivity index (χ1n) is 6.38. The van der Waals surface area contributed by atoms with Gasteiger partial charge in [0.05, 0.1) is 17.4 Å². The molecule has 1 saturated heterocycles. The number of carbonyl (C=O) groups excluding carboxylic acids is 2. The summed E-state index contributed by atoms with van der Waals surface area (Å²) in [4.78, 5) is 27.9. The number of nitrogens with zero attached hydrogens (tertiary/aromatic N) is 2. The fourth-order valence-electron chi connectivity index (χ4n) is 2.25. The van der Waals surface area contributed by atoms with E-state index in [9.17, 15) is 9.59 Å². The minimum Gasteiger partial charge on any atom is -0.472 e. The van der Waals surface area contributed by atoms with Crippen LogP contribution in [0.5, 0.6) is 0 Å². The van der Waals surface area contributed by atoms with Crippen LogP contribution in [-0.2, 0) is 0 Å². The number of carbonyl (C=O) groups is 2. The molecule has 0 aromatic carbocycles. The van der Waals surface area contributed by atoms with Gasteiger partial charge in [0.2, 0.25) is 0 Å². The van der Waals surface area contributed by atoms with Crippen molar-refractivity contribution in [2.75, 3.05) is 26.2 Å². The summed E-state index contributed by atoms with van der Waals surface area (Å²) in [6.07, 6.45) is 2.94. The van der Waals surface area contributed by atoms with Gasteiger partial charge in [-0.2, -0.15) is 11.3 Å². The van der Waals surface area contributed by atoms with Gasteiger partial charge in [-0.25, -0.2) is 0 Å². The van der Waals surface area contributed by atoms with E-state index < -0.39 is 0 Å². The van der Waals surface area contributed by atoms with Crippen LogP contribution in [0.3, 0.4) is 0 Å². The van der Waals surface area contributed by atoms with Gasteiger partial charge in [0.1, 0.15) is 6.26 Å². The van der Waals surface area contributed by atoms with Crippen molar-refractivity contribution in [3.05, 3.63) is 46.5 Å². The molecule has 0 aliphatic carbocycles. The van der Waals surface area contributed by atoms with Gasteiger partial charge in [-0.05, 0) is 17.5 Å². The summed E-state index contributed by atoms with van der Waals surface area (Å²) in [6, 6.07) is 3.49. The zero-order chi connectivity index (χ0) is 13.9. The average Bonchev–Trinajstić information content (AvgIpc) is 3.18. The summed E-state index contributed by atoms with van der Waals surface area (Å²) in [7, 11) is 0. The van der Waals surface area contributed by atoms with E-state index in [1.54, 1.807) is 15.9 Å². The van der Waals surface area contributed by atoms with Crippen LogP contribution in [0, 0.1) is 0 Å². The first-order chi connectivity index (χ1) is 9.75. The lowest BCUT2D eigenvalue weighted by Gasteiger charge is -2.34. The average molecular weight is 290 g/mol. The molecule has 3 rings (SSSR count). The first-order valence-corrected chi connectivity index (χ1v) is 7.33. The van der Waals surface area contributed by atoms with Crippen LogP contribution in [0.25, 0.3) is 0 Å². The fourth-order valence-corrected chi connectivity index (χ4v) is 2.88. The van der Waals surface area contributed by atoms with Gasteiger partial charge in [-0.1, -0.05) is 0 Å². The molecule has 1 aliphatic heterocycles. The largest absolute Gasteiger partial charge is 0.472 e. The Balaban J connectivity index is 1.60. The molecule has 0 atom stereocenters. The van der Waals surface area contributed by atoms with Crippen molar-refractivity contribution in [2.45, 2.75) is 0 Å². The predicted molar refractivity (Wildman–Crippen MR) is 74.8 cm³/mol. The van der Waals surface area contributed by atoms with Crippen molar-refractivity contribution in [1.82, 2.24) is 9.80 Å². The quantitative estimate of drug-likeness (QED) is 0.849. The number of piperazine rings is 1. The van der Waals surface area contributed by atoms with Crippen molar-refractivity contribution >= 4 is 23.2 Å². The molecule has 2 aromatic rings. The normalized spacial score (nSPS) is 15.4. The molecule has 0 unspecified atom stereocenters. The molecule has 1 fully saturated rings. The molecule has 0 radical (unpaired) electrons. The molecule has 1 aliphatic rings. The summed E-state index contributed by atoms with van der Waals surface area (Å²) in [6.45, 7) is 2.25. The Hall–Kier alpha value is -2.08. The molecule has 5 nitrogen and oxygen atoms in total. The lowest BCUT2D eigenvalue weighted by molar-refractivity contribution is 0.0535. The summed E-state index contributed by atoms with van der Waals surface area (Å²) in [5.74, 6) is 0.00282. The zero-order valence-corrected chi connectivity index (χ0v) is 11.6. The van der Waals surface area contributed by atoms with E-state index in [0.29, 0.717) is 31.7 Å². The van der Waals surface area contributed by atoms with Crippen LogP contribution >= 0.6 is 11.3 Å². The van der Waals surface area contributed by atoms with Crippen molar-refractivity contribution in [2.24, 2.45) is 0 Å². The Kier molecular flexibility index (Phi) is 3.56. The zero-order valence-electron chi connectivity index (χ0n) is 10.8. The number of thiophene rings is 1. The Morgan fingerprint density at radius 2 is 1.65 bits per heavy atom. The predicted octanol–water partition coefficient (Wildman–Crippen LogP) is 1.94. The van der Waals surface area contributed by atoms with E-state index in [4.69, 9.17) is 4.42 Å². The van der Waals surface area contributed by atoms with E-state index in [-0.39, 0.29) is 11.8 Å². The molecule has 0 bridgehead atoms. The summed E-state index contributed by atoms with van der Waals surface area (Å²) in [5.41, 5.74) is 1.28. The standard InChI is InChI=1S/C14H14N2O3S/c17-13(11-1-7-19-9-11)15-3-5-16(6-4-15)14(18)12-2-8-20-10-12/h1-2,7-10H,3-6H2. The maximum atomic E-state index is 12.2. The third-order valence-electron chi connectivity index (χ3n) is 3.39. The molecule has 2 aromatic heterocycles. The highest BCUT2D eigenvalue weighted by molar-refractivity contribution is 7.08. The van der Waals surface area contributed by atoms with Crippen molar-refractivity contribution in [3.63, 3.8) is 0 Å².